The van der Waals surface area contributed by atoms with Crippen LogP contribution in [0.2, 0.25) is 0 Å². The number of carbonyl (C=O) groups excluding carboxylic acids is 1. The van der Waals surface area contributed by atoms with Gasteiger partial charge in [0.25, 0.3) is 0 Å². The van der Waals surface area contributed by atoms with E-state index in [1.807, 2.05) is 50.4 Å². The Kier molecular flexibility index (Phi) is 5.64. The van der Waals surface area contributed by atoms with E-state index in [9.17, 15) is 4.79 Å². The summed E-state index contributed by atoms with van der Waals surface area (Å²) in [6.45, 7) is 7.35. The minimum atomic E-state index is -0.0593. The molecule has 0 bridgehead atoms. The zero-order valence-corrected chi connectivity index (χ0v) is 14.1. The topological polar surface area (TPSA) is 45.2 Å². The van der Waals surface area contributed by atoms with Crippen LogP contribution in [-0.4, -0.2) is 29.0 Å². The van der Waals surface area contributed by atoms with E-state index in [0.29, 0.717) is 13.1 Å². The summed E-state index contributed by atoms with van der Waals surface area (Å²) in [6.07, 6.45) is 0. The Labute approximate surface area is 133 Å². The molecule has 1 aromatic carbocycles. The second-order valence-corrected chi connectivity index (χ2v) is 6.66. The fourth-order valence-corrected chi connectivity index (χ4v) is 3.61. The maximum atomic E-state index is 12.0. The van der Waals surface area contributed by atoms with Crippen molar-refractivity contribution in [1.29, 1.82) is 0 Å². The Bertz CT molecular complexity index is 591. The molecular formula is C15H19N3OS2. The molecule has 0 aliphatic rings. The molecule has 0 aliphatic heterocycles. The Morgan fingerprint density at radius 3 is 2.48 bits per heavy atom. The van der Waals surface area contributed by atoms with E-state index in [1.54, 1.807) is 28.0 Å². The van der Waals surface area contributed by atoms with Gasteiger partial charge in [0.2, 0.25) is 0 Å². The van der Waals surface area contributed by atoms with Crippen molar-refractivity contribution in [1.82, 2.24) is 9.88 Å². The highest BCUT2D eigenvalue weighted by atomic mass is 32.2. The van der Waals surface area contributed by atoms with Crippen LogP contribution >= 0.6 is 23.1 Å². The number of thiazole rings is 1. The molecule has 0 saturated heterocycles. The third kappa shape index (κ3) is 4.47. The largest absolute Gasteiger partial charge is 0.325 e. The van der Waals surface area contributed by atoms with Crippen LogP contribution in [-0.2, 0) is 0 Å². The lowest BCUT2D eigenvalue weighted by Crippen LogP contribution is -2.34. The highest BCUT2D eigenvalue weighted by Crippen LogP contribution is 2.30. The number of rotatable bonds is 5. The summed E-state index contributed by atoms with van der Waals surface area (Å²) in [6, 6.07) is 7.78. The normalized spacial score (nSPS) is 10.4. The van der Waals surface area contributed by atoms with E-state index in [0.717, 1.165) is 20.6 Å². The standard InChI is InChI=1S/C15H19N3OS2/c1-4-18(5-2)14(19)17-12-6-8-13(9-7-12)21-15-16-11(3)10-20-15/h6-10H,4-5H2,1-3H3,(H,17,19). The Hall–Kier alpha value is -1.53. The second-order valence-electron chi connectivity index (χ2n) is 4.48. The van der Waals surface area contributed by atoms with Gasteiger partial charge in [-0.1, -0.05) is 11.8 Å². The lowest BCUT2D eigenvalue weighted by atomic mass is 10.3. The molecule has 1 heterocycles. The van der Waals surface area contributed by atoms with Crippen molar-refractivity contribution < 1.29 is 4.79 Å². The molecule has 0 atom stereocenters. The van der Waals surface area contributed by atoms with Crippen LogP contribution in [0.5, 0.6) is 0 Å². The van der Waals surface area contributed by atoms with Gasteiger partial charge in [-0.2, -0.15) is 0 Å². The molecular weight excluding hydrogens is 302 g/mol. The molecule has 0 spiro atoms. The predicted molar refractivity (Wildman–Crippen MR) is 89.4 cm³/mol. The Morgan fingerprint density at radius 1 is 1.29 bits per heavy atom. The van der Waals surface area contributed by atoms with Crippen LogP contribution in [0.4, 0.5) is 10.5 Å². The van der Waals surface area contributed by atoms with Gasteiger partial charge in [0.05, 0.1) is 0 Å². The molecule has 1 N–H and O–H groups in total. The van der Waals surface area contributed by atoms with E-state index in [4.69, 9.17) is 0 Å². The zero-order valence-electron chi connectivity index (χ0n) is 12.4. The van der Waals surface area contributed by atoms with E-state index in [-0.39, 0.29) is 6.03 Å². The van der Waals surface area contributed by atoms with Crippen molar-refractivity contribution in [3.05, 3.63) is 35.3 Å². The van der Waals surface area contributed by atoms with E-state index >= 15 is 0 Å². The highest BCUT2D eigenvalue weighted by Gasteiger charge is 2.09. The van der Waals surface area contributed by atoms with Gasteiger partial charge in [-0.3, -0.25) is 0 Å². The van der Waals surface area contributed by atoms with Gasteiger partial charge in [0.15, 0.2) is 4.34 Å². The van der Waals surface area contributed by atoms with Crippen LogP contribution in [0.25, 0.3) is 0 Å². The van der Waals surface area contributed by atoms with E-state index < -0.39 is 0 Å². The Morgan fingerprint density at radius 2 is 1.95 bits per heavy atom. The van der Waals surface area contributed by atoms with Crippen LogP contribution in [0.3, 0.4) is 0 Å². The Balaban J connectivity index is 1.97. The maximum Gasteiger partial charge on any atom is 0.321 e. The SMILES string of the molecule is CCN(CC)C(=O)Nc1ccc(Sc2nc(C)cs2)cc1. The first kappa shape index (κ1) is 15.9. The number of aromatic nitrogens is 1. The first-order chi connectivity index (χ1) is 10.1. The number of amides is 2. The number of aryl methyl sites for hydroxylation is 1. The van der Waals surface area contributed by atoms with Crippen molar-refractivity contribution in [3.8, 4) is 0 Å². The van der Waals surface area contributed by atoms with Gasteiger partial charge in [0.1, 0.15) is 0 Å². The van der Waals surface area contributed by atoms with Crippen molar-refractivity contribution >= 4 is 34.8 Å². The van der Waals surface area contributed by atoms with Crippen LogP contribution in [0.15, 0.2) is 38.9 Å². The summed E-state index contributed by atoms with van der Waals surface area (Å²) in [5, 5.41) is 4.95. The molecule has 0 fully saturated rings. The zero-order chi connectivity index (χ0) is 15.2. The number of hydrogen-bond acceptors (Lipinski definition) is 4. The molecule has 6 heteroatoms. The second kappa shape index (κ2) is 7.47. The minimum absolute atomic E-state index is 0.0593. The monoisotopic (exact) mass is 321 g/mol. The third-order valence-corrected chi connectivity index (χ3v) is 5.02. The van der Waals surface area contributed by atoms with Crippen molar-refractivity contribution in [3.63, 3.8) is 0 Å². The van der Waals surface area contributed by atoms with Crippen molar-refractivity contribution in [2.75, 3.05) is 18.4 Å². The number of urea groups is 1. The summed E-state index contributed by atoms with van der Waals surface area (Å²) in [5.41, 5.74) is 1.86. The molecule has 2 rings (SSSR count). The fraction of sp³-hybridized carbons (Fsp3) is 0.333. The molecule has 2 aromatic rings. The molecule has 21 heavy (non-hydrogen) atoms. The third-order valence-electron chi connectivity index (χ3n) is 2.96. The predicted octanol–water partition coefficient (Wildman–Crippen LogP) is 4.48. The number of nitrogens with one attached hydrogen (secondary N) is 1. The van der Waals surface area contributed by atoms with Crippen LogP contribution < -0.4 is 5.32 Å². The number of carbonyl (C=O) groups is 1. The van der Waals surface area contributed by atoms with Crippen LogP contribution in [0.1, 0.15) is 19.5 Å². The summed E-state index contributed by atoms with van der Waals surface area (Å²) in [5.74, 6) is 0. The molecule has 0 aliphatic carbocycles. The molecule has 0 radical (unpaired) electrons. The summed E-state index contributed by atoms with van der Waals surface area (Å²) < 4.78 is 1.03. The lowest BCUT2D eigenvalue weighted by molar-refractivity contribution is 0.217. The van der Waals surface area contributed by atoms with E-state index in [2.05, 4.69) is 10.3 Å². The number of hydrogen-bond donors (Lipinski definition) is 1. The number of anilines is 1. The smallest absolute Gasteiger partial charge is 0.321 e. The van der Waals surface area contributed by atoms with E-state index in [1.165, 1.54) is 0 Å². The molecule has 4 nitrogen and oxygen atoms in total. The number of nitrogens with zero attached hydrogens (tertiary/aromatic N) is 2. The summed E-state index contributed by atoms with van der Waals surface area (Å²) in [7, 11) is 0. The van der Waals surface area contributed by atoms with Gasteiger partial charge >= 0.3 is 6.03 Å². The maximum absolute atomic E-state index is 12.0. The van der Waals surface area contributed by atoms with Gasteiger partial charge in [-0.25, -0.2) is 9.78 Å². The molecule has 2 amide bonds. The molecule has 112 valence electrons. The molecule has 0 saturated carbocycles. The highest BCUT2D eigenvalue weighted by molar-refractivity contribution is 8.01. The lowest BCUT2D eigenvalue weighted by Gasteiger charge is -2.19. The number of benzene rings is 1. The first-order valence-corrected chi connectivity index (χ1v) is 8.58. The fourth-order valence-electron chi connectivity index (χ4n) is 1.80. The first-order valence-electron chi connectivity index (χ1n) is 6.88. The molecule has 1 aromatic heterocycles. The average Bonchev–Trinajstić information content (AvgIpc) is 2.88. The van der Waals surface area contributed by atoms with Crippen molar-refractivity contribution in [2.24, 2.45) is 0 Å². The van der Waals surface area contributed by atoms with Gasteiger partial charge in [-0.05, 0) is 45.0 Å². The minimum Gasteiger partial charge on any atom is -0.325 e. The van der Waals surface area contributed by atoms with Gasteiger partial charge < -0.3 is 10.2 Å². The summed E-state index contributed by atoms with van der Waals surface area (Å²) in [4.78, 5) is 19.2. The van der Waals surface area contributed by atoms with Gasteiger partial charge in [-0.15, -0.1) is 11.3 Å². The quantitative estimate of drug-likeness (QED) is 0.883. The molecule has 0 unspecified atom stereocenters. The van der Waals surface area contributed by atoms with Crippen molar-refractivity contribution in [2.45, 2.75) is 30.0 Å². The summed E-state index contributed by atoms with van der Waals surface area (Å²) >= 11 is 3.28. The average molecular weight is 321 g/mol. The van der Waals surface area contributed by atoms with Gasteiger partial charge in [0, 0.05) is 34.7 Å². The van der Waals surface area contributed by atoms with Crippen LogP contribution in [0, 0.1) is 6.92 Å².